The van der Waals surface area contributed by atoms with Crippen LogP contribution < -0.4 is 5.32 Å². The van der Waals surface area contributed by atoms with Gasteiger partial charge in [-0.1, -0.05) is 6.07 Å². The van der Waals surface area contributed by atoms with E-state index in [9.17, 15) is 4.79 Å². The average Bonchev–Trinajstić information content (AvgIpc) is 2.34. The number of hydrogen-bond donors (Lipinski definition) is 3. The van der Waals surface area contributed by atoms with Crippen molar-refractivity contribution in [1.29, 1.82) is 0 Å². The second kappa shape index (κ2) is 6.92. The molecule has 3 N–H and O–H groups in total. The summed E-state index contributed by atoms with van der Waals surface area (Å²) in [6.45, 7) is -0.266. The van der Waals surface area contributed by atoms with Gasteiger partial charge >= 0.3 is 0 Å². The number of rotatable bonds is 6. The molecule has 1 amide bonds. The Morgan fingerprint density at radius 3 is 2.94 bits per heavy atom. The summed E-state index contributed by atoms with van der Waals surface area (Å²) < 4.78 is 0. The van der Waals surface area contributed by atoms with Gasteiger partial charge in [0.1, 0.15) is 0 Å². The van der Waals surface area contributed by atoms with Crippen molar-refractivity contribution in [2.24, 2.45) is 0 Å². The molecule has 0 spiro atoms. The molecular formula is C11H16N2O3. The first-order chi connectivity index (χ1) is 7.72. The number of carbonyl (C=O) groups excluding carboxylic acids is 1. The van der Waals surface area contributed by atoms with Crippen molar-refractivity contribution < 1.29 is 15.0 Å². The van der Waals surface area contributed by atoms with Crippen molar-refractivity contribution in [2.75, 3.05) is 13.2 Å². The molecule has 0 aromatic carbocycles. The number of carbonyl (C=O) groups is 1. The third-order valence-corrected chi connectivity index (χ3v) is 2.08. The van der Waals surface area contributed by atoms with E-state index in [0.29, 0.717) is 12.8 Å². The topological polar surface area (TPSA) is 82.5 Å². The normalized spacial score (nSPS) is 12.1. The quantitative estimate of drug-likeness (QED) is 0.607. The average molecular weight is 224 g/mol. The highest BCUT2D eigenvalue weighted by atomic mass is 16.3. The first-order valence-corrected chi connectivity index (χ1v) is 5.18. The molecule has 1 heterocycles. The number of amides is 1. The molecule has 1 unspecified atom stereocenters. The maximum atomic E-state index is 11.3. The van der Waals surface area contributed by atoms with Gasteiger partial charge in [0.2, 0.25) is 5.91 Å². The van der Waals surface area contributed by atoms with Crippen LogP contribution >= 0.6 is 0 Å². The Morgan fingerprint density at radius 1 is 1.50 bits per heavy atom. The van der Waals surface area contributed by atoms with Crippen LogP contribution in [0.4, 0.5) is 0 Å². The van der Waals surface area contributed by atoms with Gasteiger partial charge in [-0.25, -0.2) is 0 Å². The standard InChI is InChI=1S/C11H16N2O3/c14-8-10(15)7-13-11(16)5-4-9-3-1-2-6-12-9/h1-3,6,10,14-15H,4-5,7-8H2,(H,13,16). The molecule has 5 nitrogen and oxygen atoms in total. The Labute approximate surface area is 94.1 Å². The molecule has 0 bridgehead atoms. The van der Waals surface area contributed by atoms with Gasteiger partial charge in [0, 0.05) is 24.9 Å². The predicted molar refractivity (Wildman–Crippen MR) is 58.7 cm³/mol. The molecule has 1 rings (SSSR count). The highest BCUT2D eigenvalue weighted by Crippen LogP contribution is 1.97. The van der Waals surface area contributed by atoms with E-state index in [-0.39, 0.29) is 19.1 Å². The number of aliphatic hydroxyl groups excluding tert-OH is 2. The largest absolute Gasteiger partial charge is 0.394 e. The molecule has 0 saturated heterocycles. The lowest BCUT2D eigenvalue weighted by Gasteiger charge is -2.08. The Balaban J connectivity index is 2.20. The maximum absolute atomic E-state index is 11.3. The van der Waals surface area contributed by atoms with E-state index >= 15 is 0 Å². The van der Waals surface area contributed by atoms with Crippen LogP contribution in [0.25, 0.3) is 0 Å². The first kappa shape index (κ1) is 12.6. The molecule has 0 aliphatic heterocycles. The second-order valence-corrected chi connectivity index (χ2v) is 3.46. The lowest BCUT2D eigenvalue weighted by Crippen LogP contribution is -2.33. The fourth-order valence-corrected chi connectivity index (χ4v) is 1.17. The molecular weight excluding hydrogens is 208 g/mol. The van der Waals surface area contributed by atoms with Crippen LogP contribution in [0.2, 0.25) is 0 Å². The Bertz CT molecular complexity index is 316. The van der Waals surface area contributed by atoms with Crippen molar-refractivity contribution >= 4 is 5.91 Å². The predicted octanol–water partition coefficient (Wildman–Crippen LogP) is -0.516. The monoisotopic (exact) mass is 224 g/mol. The Hall–Kier alpha value is -1.46. The first-order valence-electron chi connectivity index (χ1n) is 5.18. The summed E-state index contributed by atoms with van der Waals surface area (Å²) in [6, 6.07) is 5.55. The third kappa shape index (κ3) is 4.86. The van der Waals surface area contributed by atoms with E-state index in [2.05, 4.69) is 10.3 Å². The number of nitrogens with one attached hydrogen (secondary N) is 1. The lowest BCUT2D eigenvalue weighted by atomic mass is 10.2. The highest BCUT2D eigenvalue weighted by molar-refractivity contribution is 5.76. The molecule has 0 aliphatic rings. The molecule has 88 valence electrons. The molecule has 1 atom stereocenters. The minimum atomic E-state index is -0.890. The fourth-order valence-electron chi connectivity index (χ4n) is 1.17. The number of aryl methyl sites for hydroxylation is 1. The molecule has 0 aliphatic carbocycles. The van der Waals surface area contributed by atoms with E-state index in [0.717, 1.165) is 5.69 Å². The molecule has 0 saturated carbocycles. The molecule has 5 heteroatoms. The number of aliphatic hydroxyl groups is 2. The van der Waals surface area contributed by atoms with Crippen LogP contribution in [0.3, 0.4) is 0 Å². The van der Waals surface area contributed by atoms with Crippen molar-refractivity contribution in [3.05, 3.63) is 30.1 Å². The van der Waals surface area contributed by atoms with Gasteiger partial charge in [0.25, 0.3) is 0 Å². The SMILES string of the molecule is O=C(CCc1ccccn1)NCC(O)CO. The zero-order valence-corrected chi connectivity index (χ0v) is 8.97. The molecule has 1 aromatic rings. The van der Waals surface area contributed by atoms with E-state index in [4.69, 9.17) is 10.2 Å². The minimum absolute atomic E-state index is 0.0809. The van der Waals surface area contributed by atoms with Crippen LogP contribution in [-0.2, 0) is 11.2 Å². The van der Waals surface area contributed by atoms with Crippen LogP contribution in [0, 0.1) is 0 Å². The van der Waals surface area contributed by atoms with Crippen LogP contribution in [0.1, 0.15) is 12.1 Å². The van der Waals surface area contributed by atoms with E-state index in [1.807, 2.05) is 18.2 Å². The van der Waals surface area contributed by atoms with Gasteiger partial charge in [-0.05, 0) is 18.6 Å². The summed E-state index contributed by atoms with van der Waals surface area (Å²) in [5.74, 6) is -0.154. The van der Waals surface area contributed by atoms with Gasteiger partial charge in [-0.2, -0.15) is 0 Å². The van der Waals surface area contributed by atoms with Crippen LogP contribution in [0.15, 0.2) is 24.4 Å². The summed E-state index contributed by atoms with van der Waals surface area (Å²) in [5.41, 5.74) is 0.861. The van der Waals surface area contributed by atoms with E-state index in [1.165, 1.54) is 0 Å². The smallest absolute Gasteiger partial charge is 0.220 e. The maximum Gasteiger partial charge on any atom is 0.220 e. The van der Waals surface area contributed by atoms with Gasteiger partial charge in [-0.15, -0.1) is 0 Å². The summed E-state index contributed by atoms with van der Waals surface area (Å²) in [5, 5.41) is 20.1. The summed E-state index contributed by atoms with van der Waals surface area (Å²) in [4.78, 5) is 15.4. The highest BCUT2D eigenvalue weighted by Gasteiger charge is 2.06. The van der Waals surface area contributed by atoms with Gasteiger partial charge in [-0.3, -0.25) is 9.78 Å². The zero-order chi connectivity index (χ0) is 11.8. The van der Waals surface area contributed by atoms with Crippen molar-refractivity contribution in [1.82, 2.24) is 10.3 Å². The minimum Gasteiger partial charge on any atom is -0.394 e. The van der Waals surface area contributed by atoms with Gasteiger partial charge in [0.15, 0.2) is 0 Å². The fraction of sp³-hybridized carbons (Fsp3) is 0.455. The third-order valence-electron chi connectivity index (χ3n) is 2.08. The van der Waals surface area contributed by atoms with Gasteiger partial charge < -0.3 is 15.5 Å². The Morgan fingerprint density at radius 2 is 2.31 bits per heavy atom. The van der Waals surface area contributed by atoms with Crippen molar-refractivity contribution in [3.8, 4) is 0 Å². The van der Waals surface area contributed by atoms with Gasteiger partial charge in [0.05, 0.1) is 12.7 Å². The Kier molecular flexibility index (Phi) is 5.45. The van der Waals surface area contributed by atoms with Crippen LogP contribution in [-0.4, -0.2) is 40.4 Å². The summed E-state index contributed by atoms with van der Waals surface area (Å²) >= 11 is 0. The van der Waals surface area contributed by atoms with Crippen LogP contribution in [0.5, 0.6) is 0 Å². The summed E-state index contributed by atoms with van der Waals surface area (Å²) in [7, 11) is 0. The molecule has 16 heavy (non-hydrogen) atoms. The zero-order valence-electron chi connectivity index (χ0n) is 8.97. The number of aromatic nitrogens is 1. The number of nitrogens with zero attached hydrogens (tertiary/aromatic N) is 1. The molecule has 1 aromatic heterocycles. The van der Waals surface area contributed by atoms with E-state index < -0.39 is 6.10 Å². The molecule has 0 radical (unpaired) electrons. The molecule has 0 fully saturated rings. The second-order valence-electron chi connectivity index (χ2n) is 3.46. The summed E-state index contributed by atoms with van der Waals surface area (Å²) in [6.07, 6.45) is 1.69. The van der Waals surface area contributed by atoms with Crippen molar-refractivity contribution in [3.63, 3.8) is 0 Å². The lowest BCUT2D eigenvalue weighted by molar-refractivity contribution is -0.121. The number of hydrogen-bond acceptors (Lipinski definition) is 4. The van der Waals surface area contributed by atoms with E-state index in [1.54, 1.807) is 6.20 Å². The van der Waals surface area contributed by atoms with Crippen molar-refractivity contribution in [2.45, 2.75) is 18.9 Å². The number of pyridine rings is 1.